The topological polar surface area (TPSA) is 45.1 Å². The molecule has 0 radical (unpaired) electrons. The zero-order chi connectivity index (χ0) is 18.7. The van der Waals surface area contributed by atoms with Crippen molar-refractivity contribution < 1.29 is 14.2 Å². The zero-order valence-electron chi connectivity index (χ0n) is 14.9. The third-order valence-corrected chi connectivity index (χ3v) is 5.73. The van der Waals surface area contributed by atoms with Crippen molar-refractivity contribution >= 4 is 57.2 Å². The first-order valence-corrected chi connectivity index (χ1v) is 9.87. The minimum Gasteiger partial charge on any atom is -0.496 e. The van der Waals surface area contributed by atoms with Crippen molar-refractivity contribution in [3.05, 3.63) is 23.3 Å². The van der Waals surface area contributed by atoms with Crippen molar-refractivity contribution in [2.24, 2.45) is 10.9 Å². The van der Waals surface area contributed by atoms with Crippen LogP contribution in [0.2, 0.25) is 0 Å². The summed E-state index contributed by atoms with van der Waals surface area (Å²) >= 11 is 3.27. The number of hydrogen-bond acceptors (Lipinski definition) is 3. The van der Waals surface area contributed by atoms with Crippen LogP contribution in [-0.2, 0) is 5.60 Å². The van der Waals surface area contributed by atoms with Crippen LogP contribution in [0.25, 0.3) is 0 Å². The zero-order valence-corrected chi connectivity index (χ0v) is 19.2. The molecule has 1 N–H and O–H groups in total. The molecular weight excluding hydrogens is 537 g/mol. The van der Waals surface area contributed by atoms with E-state index in [1.165, 1.54) is 7.11 Å². The Bertz CT molecular complexity index is 603. The molecule has 0 aliphatic carbocycles. The molecule has 0 amide bonds. The summed E-state index contributed by atoms with van der Waals surface area (Å²) in [6.07, 6.45) is 1.74. The Morgan fingerprint density at radius 2 is 2.00 bits per heavy atom. The van der Waals surface area contributed by atoms with E-state index >= 15 is 0 Å². The largest absolute Gasteiger partial charge is 0.496 e. The summed E-state index contributed by atoms with van der Waals surface area (Å²) in [6.45, 7) is 8.36. The number of hydrogen-bond donors (Lipinski definition) is 1. The van der Waals surface area contributed by atoms with E-state index in [2.05, 4.69) is 4.99 Å². The number of nitrogens with zero attached hydrogens (tertiary/aromatic N) is 2. The van der Waals surface area contributed by atoms with E-state index in [1.54, 1.807) is 77.5 Å². The lowest BCUT2D eigenvalue weighted by Crippen LogP contribution is -2.44. The van der Waals surface area contributed by atoms with Crippen molar-refractivity contribution in [2.75, 3.05) is 20.7 Å². The summed E-state index contributed by atoms with van der Waals surface area (Å²) < 4.78 is 18.4. The first kappa shape index (κ1) is 21.9. The molecule has 1 aromatic carbocycles. The van der Waals surface area contributed by atoms with Crippen molar-refractivity contribution in [3.63, 3.8) is 0 Å². The van der Waals surface area contributed by atoms with Crippen LogP contribution < -0.4 is 4.74 Å². The van der Waals surface area contributed by atoms with Gasteiger partial charge in [-0.2, -0.15) is 0 Å². The first-order valence-electron chi connectivity index (χ1n) is 7.71. The standard InChI is InChI=1S/C17H25FI2N2O2/c1-7-22(5)10-21-14-9-15(24-6)13(8-12(14)4)16(23,11(2)3)17(18,19)20/h8-11,23H,7H2,1-6H3. The minimum atomic E-state index is -1.89. The molecule has 0 spiro atoms. The van der Waals surface area contributed by atoms with Crippen LogP contribution in [0.3, 0.4) is 0 Å². The Hall–Kier alpha value is -0.160. The minimum absolute atomic E-state index is 0.342. The van der Waals surface area contributed by atoms with E-state index in [4.69, 9.17) is 4.74 Å². The van der Waals surface area contributed by atoms with E-state index in [0.29, 0.717) is 11.3 Å². The van der Waals surface area contributed by atoms with Crippen molar-refractivity contribution in [1.82, 2.24) is 4.90 Å². The SMILES string of the molecule is CCN(C)C=Nc1cc(OC)c(C(O)(C(C)C)C(F)(I)I)cc1C. The molecule has 4 nitrogen and oxygen atoms in total. The fourth-order valence-electron chi connectivity index (χ4n) is 2.32. The quantitative estimate of drug-likeness (QED) is 0.222. The van der Waals surface area contributed by atoms with Crippen LogP contribution in [0, 0.1) is 12.8 Å². The van der Waals surface area contributed by atoms with Gasteiger partial charge in [-0.15, -0.1) is 0 Å². The van der Waals surface area contributed by atoms with Gasteiger partial charge in [-0.05, 0) is 76.6 Å². The average Bonchev–Trinajstić information content (AvgIpc) is 2.50. The summed E-state index contributed by atoms with van der Waals surface area (Å²) in [5, 5.41) is 11.2. The number of halogens is 3. The molecule has 0 heterocycles. The van der Waals surface area contributed by atoms with Gasteiger partial charge in [0.2, 0.25) is 1.68 Å². The summed E-state index contributed by atoms with van der Waals surface area (Å²) in [5.74, 6) is 0.0867. The van der Waals surface area contributed by atoms with Crippen LogP contribution >= 0.6 is 45.2 Å². The smallest absolute Gasteiger partial charge is 0.243 e. The number of methoxy groups -OCH3 is 1. The molecule has 0 aliphatic rings. The molecule has 0 saturated heterocycles. The molecule has 0 aromatic heterocycles. The third kappa shape index (κ3) is 4.51. The Balaban J connectivity index is 3.51. The number of rotatable bonds is 7. The Morgan fingerprint density at radius 3 is 2.42 bits per heavy atom. The third-order valence-electron chi connectivity index (χ3n) is 4.09. The van der Waals surface area contributed by atoms with Gasteiger partial charge < -0.3 is 14.7 Å². The summed E-state index contributed by atoms with van der Waals surface area (Å²) in [5.41, 5.74) is 0.329. The van der Waals surface area contributed by atoms with Crippen LogP contribution in [0.1, 0.15) is 31.9 Å². The number of benzene rings is 1. The highest BCUT2D eigenvalue weighted by molar-refractivity contribution is 14.2. The second kappa shape index (κ2) is 8.48. The maximum Gasteiger partial charge on any atom is 0.243 e. The Kier molecular flexibility index (Phi) is 7.73. The molecule has 1 unspecified atom stereocenters. The van der Waals surface area contributed by atoms with E-state index in [-0.39, 0.29) is 5.92 Å². The number of aryl methyl sites for hydroxylation is 1. The number of aliphatic imine (C=N–C) groups is 1. The van der Waals surface area contributed by atoms with E-state index in [0.717, 1.165) is 17.8 Å². The normalized spacial score (nSPS) is 15.0. The van der Waals surface area contributed by atoms with Crippen molar-refractivity contribution in [2.45, 2.75) is 35.0 Å². The molecule has 0 saturated carbocycles. The first-order chi connectivity index (χ1) is 11.0. The maximum atomic E-state index is 14.9. The second-order valence-corrected chi connectivity index (χ2v) is 11.1. The molecule has 136 valence electrons. The van der Waals surface area contributed by atoms with Crippen LogP contribution in [0.15, 0.2) is 17.1 Å². The molecule has 24 heavy (non-hydrogen) atoms. The van der Waals surface area contributed by atoms with Crippen molar-refractivity contribution in [3.8, 4) is 5.75 Å². The number of aliphatic hydroxyl groups is 1. The molecule has 0 aliphatic heterocycles. The number of ether oxygens (including phenoxy) is 1. The summed E-state index contributed by atoms with van der Waals surface area (Å²) in [4.78, 5) is 6.41. The van der Waals surface area contributed by atoms with E-state index in [9.17, 15) is 9.50 Å². The second-order valence-electron chi connectivity index (χ2n) is 6.08. The summed E-state index contributed by atoms with van der Waals surface area (Å²) in [6, 6.07) is 3.51. The van der Waals surface area contributed by atoms with Gasteiger partial charge in [0.25, 0.3) is 0 Å². The molecule has 0 fully saturated rings. The highest BCUT2D eigenvalue weighted by Crippen LogP contribution is 2.53. The average molecular weight is 562 g/mol. The predicted molar refractivity (Wildman–Crippen MR) is 115 cm³/mol. The molecule has 0 bridgehead atoms. The molecular formula is C17H25FI2N2O2. The summed E-state index contributed by atoms with van der Waals surface area (Å²) in [7, 11) is 3.45. The van der Waals surface area contributed by atoms with E-state index < -0.39 is 7.28 Å². The van der Waals surface area contributed by atoms with Gasteiger partial charge in [-0.1, -0.05) is 13.8 Å². The van der Waals surface area contributed by atoms with Gasteiger partial charge in [-0.3, -0.25) is 0 Å². The Labute approximate surface area is 171 Å². The van der Waals surface area contributed by atoms with Gasteiger partial charge in [0.1, 0.15) is 11.4 Å². The molecule has 1 rings (SSSR count). The van der Waals surface area contributed by atoms with Crippen molar-refractivity contribution in [1.29, 1.82) is 0 Å². The molecule has 1 atom stereocenters. The monoisotopic (exact) mass is 562 g/mol. The Morgan fingerprint density at radius 1 is 1.42 bits per heavy atom. The fourth-order valence-corrected chi connectivity index (χ4v) is 4.14. The molecule has 1 aromatic rings. The van der Waals surface area contributed by atoms with Gasteiger partial charge in [-0.25, -0.2) is 9.38 Å². The van der Waals surface area contributed by atoms with Gasteiger partial charge in [0.05, 0.1) is 19.1 Å². The lowest BCUT2D eigenvalue weighted by molar-refractivity contribution is -0.0473. The maximum absolute atomic E-state index is 14.9. The number of alkyl halides is 3. The predicted octanol–water partition coefficient (Wildman–Crippen LogP) is 4.95. The van der Waals surface area contributed by atoms with Crippen LogP contribution in [0.5, 0.6) is 5.75 Å². The fraction of sp³-hybridized carbons (Fsp3) is 0.588. The highest BCUT2D eigenvalue weighted by Gasteiger charge is 2.53. The molecule has 7 heteroatoms. The van der Waals surface area contributed by atoms with Gasteiger partial charge >= 0.3 is 0 Å². The lowest BCUT2D eigenvalue weighted by atomic mass is 9.83. The van der Waals surface area contributed by atoms with E-state index in [1.807, 2.05) is 25.8 Å². The van der Waals surface area contributed by atoms with Crippen LogP contribution in [0.4, 0.5) is 10.1 Å². The van der Waals surface area contributed by atoms with Gasteiger partial charge in [0, 0.05) is 25.2 Å². The van der Waals surface area contributed by atoms with Crippen LogP contribution in [-0.4, -0.2) is 38.7 Å². The van der Waals surface area contributed by atoms with Gasteiger partial charge in [0.15, 0.2) is 0 Å². The lowest BCUT2D eigenvalue weighted by Gasteiger charge is -2.39. The highest BCUT2D eigenvalue weighted by atomic mass is 127.